The van der Waals surface area contributed by atoms with Gasteiger partial charge in [-0.25, -0.2) is 9.36 Å². The molecule has 0 saturated carbocycles. The number of hydrogen-bond acceptors (Lipinski definition) is 2. The van der Waals surface area contributed by atoms with Crippen LogP contribution in [-0.4, -0.2) is 19.6 Å². The van der Waals surface area contributed by atoms with E-state index in [2.05, 4.69) is 107 Å². The summed E-state index contributed by atoms with van der Waals surface area (Å²) in [5.74, 6) is 0. The first kappa shape index (κ1) is 19.7. The smallest absolute Gasteiger partial charge is 0.0715 e. The molecule has 35 heavy (non-hydrogen) atoms. The van der Waals surface area contributed by atoms with Crippen LogP contribution >= 0.6 is 0 Å². The zero-order valence-corrected chi connectivity index (χ0v) is 19.0. The Kier molecular flexibility index (Phi) is 4.33. The van der Waals surface area contributed by atoms with E-state index in [0.717, 1.165) is 11.4 Å². The Morgan fingerprint density at radius 2 is 0.971 bits per heavy atom. The summed E-state index contributed by atoms with van der Waals surface area (Å²) in [5, 5.41) is 8.98. The van der Waals surface area contributed by atoms with Crippen LogP contribution in [0.15, 0.2) is 134 Å². The van der Waals surface area contributed by atoms with Crippen LogP contribution in [0.5, 0.6) is 0 Å². The minimum Gasteiger partial charge on any atom is -0.241 e. The van der Waals surface area contributed by atoms with Gasteiger partial charge in [0.1, 0.15) is 0 Å². The fourth-order valence-corrected chi connectivity index (χ4v) is 5.63. The van der Waals surface area contributed by atoms with Crippen LogP contribution in [0.2, 0.25) is 0 Å². The molecular weight excluding hydrogens is 428 g/mol. The van der Waals surface area contributed by atoms with Gasteiger partial charge in [0.2, 0.25) is 0 Å². The second-order valence-electron chi connectivity index (χ2n) is 8.84. The SMILES string of the molecule is c1cc(-n2cccn2)cc(C2(c3cccc(-n4cccn4)c3)c3ccccc3-c3ccccc32)c1. The Hall–Kier alpha value is -4.70. The van der Waals surface area contributed by atoms with E-state index in [4.69, 9.17) is 0 Å². The third-order valence-electron chi connectivity index (χ3n) is 7.05. The second kappa shape index (κ2) is 7.67. The predicted octanol–water partition coefficient (Wildman–Crippen LogP) is 6.42. The Morgan fingerprint density at radius 1 is 0.486 bits per heavy atom. The zero-order valence-electron chi connectivity index (χ0n) is 19.0. The van der Waals surface area contributed by atoms with E-state index in [1.807, 2.05) is 46.3 Å². The highest BCUT2D eigenvalue weighted by atomic mass is 15.3. The molecule has 2 heterocycles. The largest absolute Gasteiger partial charge is 0.241 e. The summed E-state index contributed by atoms with van der Waals surface area (Å²) >= 11 is 0. The second-order valence-corrected chi connectivity index (χ2v) is 8.84. The van der Waals surface area contributed by atoms with Crippen LogP contribution in [0.25, 0.3) is 22.5 Å². The molecule has 0 radical (unpaired) electrons. The van der Waals surface area contributed by atoms with Gasteiger partial charge in [0, 0.05) is 24.8 Å². The summed E-state index contributed by atoms with van der Waals surface area (Å²) in [6.45, 7) is 0. The molecule has 4 nitrogen and oxygen atoms in total. The average molecular weight is 451 g/mol. The van der Waals surface area contributed by atoms with Crippen LogP contribution in [-0.2, 0) is 5.41 Å². The maximum Gasteiger partial charge on any atom is 0.0715 e. The van der Waals surface area contributed by atoms with Gasteiger partial charge in [0.15, 0.2) is 0 Å². The molecule has 0 bridgehead atoms. The molecule has 0 atom stereocenters. The molecule has 6 aromatic rings. The van der Waals surface area contributed by atoms with Gasteiger partial charge >= 0.3 is 0 Å². The van der Waals surface area contributed by atoms with Gasteiger partial charge < -0.3 is 0 Å². The molecule has 0 N–H and O–H groups in total. The number of benzene rings is 4. The van der Waals surface area contributed by atoms with Gasteiger partial charge in [-0.15, -0.1) is 0 Å². The molecule has 1 aliphatic rings. The molecule has 1 aliphatic carbocycles. The third kappa shape index (κ3) is 2.87. The lowest BCUT2D eigenvalue weighted by molar-refractivity contribution is 0.759. The maximum absolute atomic E-state index is 4.49. The normalized spacial score (nSPS) is 13.4. The van der Waals surface area contributed by atoms with E-state index >= 15 is 0 Å². The highest BCUT2D eigenvalue weighted by Gasteiger charge is 2.46. The predicted molar refractivity (Wildman–Crippen MR) is 138 cm³/mol. The van der Waals surface area contributed by atoms with Crippen LogP contribution in [0.1, 0.15) is 22.3 Å². The Bertz CT molecular complexity index is 1520. The van der Waals surface area contributed by atoms with E-state index in [9.17, 15) is 0 Å². The van der Waals surface area contributed by atoms with E-state index in [1.165, 1.54) is 33.4 Å². The highest BCUT2D eigenvalue weighted by molar-refractivity contribution is 5.86. The molecular formula is C31H22N4. The average Bonchev–Trinajstić information content (AvgIpc) is 3.70. The first-order valence-corrected chi connectivity index (χ1v) is 11.8. The number of rotatable bonds is 4. The molecule has 0 saturated heterocycles. The summed E-state index contributed by atoms with van der Waals surface area (Å²) in [4.78, 5) is 0. The summed E-state index contributed by atoms with van der Waals surface area (Å²) in [7, 11) is 0. The van der Waals surface area contributed by atoms with E-state index in [1.54, 1.807) is 0 Å². The first-order chi connectivity index (χ1) is 17.4. The van der Waals surface area contributed by atoms with E-state index in [0.29, 0.717) is 0 Å². The molecule has 4 aromatic carbocycles. The maximum atomic E-state index is 4.49. The molecule has 0 amide bonds. The van der Waals surface area contributed by atoms with E-state index < -0.39 is 5.41 Å². The molecule has 166 valence electrons. The van der Waals surface area contributed by atoms with Gasteiger partial charge in [0.05, 0.1) is 16.8 Å². The van der Waals surface area contributed by atoms with Gasteiger partial charge in [-0.05, 0) is 69.8 Å². The van der Waals surface area contributed by atoms with Gasteiger partial charge in [-0.3, -0.25) is 0 Å². The Morgan fingerprint density at radius 3 is 1.43 bits per heavy atom. The number of aromatic nitrogens is 4. The Balaban J connectivity index is 1.58. The highest BCUT2D eigenvalue weighted by Crippen LogP contribution is 2.56. The molecule has 2 aromatic heterocycles. The monoisotopic (exact) mass is 450 g/mol. The number of hydrogen-bond donors (Lipinski definition) is 0. The summed E-state index contributed by atoms with van der Waals surface area (Å²) in [6.07, 6.45) is 7.60. The fourth-order valence-electron chi connectivity index (χ4n) is 5.63. The molecule has 0 fully saturated rings. The van der Waals surface area contributed by atoms with Gasteiger partial charge in [0.25, 0.3) is 0 Å². The zero-order chi connectivity index (χ0) is 23.2. The van der Waals surface area contributed by atoms with Crippen molar-refractivity contribution >= 4 is 0 Å². The molecule has 0 aliphatic heterocycles. The first-order valence-electron chi connectivity index (χ1n) is 11.8. The molecule has 4 heteroatoms. The van der Waals surface area contributed by atoms with Gasteiger partial charge in [-0.2, -0.15) is 10.2 Å². The van der Waals surface area contributed by atoms with Crippen molar-refractivity contribution in [3.05, 3.63) is 156 Å². The van der Waals surface area contributed by atoms with Crippen molar-refractivity contribution in [1.82, 2.24) is 19.6 Å². The lowest BCUT2D eigenvalue weighted by atomic mass is 9.67. The quantitative estimate of drug-likeness (QED) is 0.310. The topological polar surface area (TPSA) is 35.6 Å². The van der Waals surface area contributed by atoms with Crippen molar-refractivity contribution in [3.8, 4) is 22.5 Å². The summed E-state index contributed by atoms with van der Waals surface area (Å²) in [6, 6.07) is 39.0. The molecule has 7 rings (SSSR count). The molecule has 0 unspecified atom stereocenters. The van der Waals surface area contributed by atoms with Crippen LogP contribution in [0.3, 0.4) is 0 Å². The molecule has 0 spiro atoms. The van der Waals surface area contributed by atoms with Crippen LogP contribution in [0.4, 0.5) is 0 Å². The van der Waals surface area contributed by atoms with Crippen molar-refractivity contribution in [1.29, 1.82) is 0 Å². The van der Waals surface area contributed by atoms with Crippen molar-refractivity contribution in [2.24, 2.45) is 0 Å². The fraction of sp³-hybridized carbons (Fsp3) is 0.0323. The summed E-state index contributed by atoms with van der Waals surface area (Å²) < 4.78 is 3.84. The van der Waals surface area contributed by atoms with Crippen LogP contribution < -0.4 is 0 Å². The van der Waals surface area contributed by atoms with Gasteiger partial charge in [-0.1, -0.05) is 72.8 Å². The minimum absolute atomic E-state index is 0.473. The van der Waals surface area contributed by atoms with E-state index in [-0.39, 0.29) is 0 Å². The number of nitrogens with zero attached hydrogens (tertiary/aromatic N) is 4. The van der Waals surface area contributed by atoms with Crippen LogP contribution in [0, 0.1) is 0 Å². The summed E-state index contributed by atoms with van der Waals surface area (Å²) in [5.41, 5.74) is 9.15. The van der Waals surface area contributed by atoms with Crippen molar-refractivity contribution in [3.63, 3.8) is 0 Å². The van der Waals surface area contributed by atoms with Crippen molar-refractivity contribution < 1.29 is 0 Å². The lowest BCUT2D eigenvalue weighted by Crippen LogP contribution is -2.29. The van der Waals surface area contributed by atoms with Crippen molar-refractivity contribution in [2.75, 3.05) is 0 Å². The minimum atomic E-state index is -0.473. The lowest BCUT2D eigenvalue weighted by Gasteiger charge is -2.34. The standard InChI is InChI=1S/C31H22N4/c1-3-15-29-27(13-1)28-14-2-4-16-30(28)31(29,23-9-5-11-25(21-23)34-19-7-17-32-34)24-10-6-12-26(22-24)35-20-8-18-33-35/h1-22H. The number of fused-ring (bicyclic) bond motifs is 3. The third-order valence-corrected chi connectivity index (χ3v) is 7.05. The van der Waals surface area contributed by atoms with Crippen molar-refractivity contribution in [2.45, 2.75) is 5.41 Å². The Labute approximate surface area is 203 Å².